The SMILES string of the molecule is CCCCN1CCc2cc(/C=C3/C(=O)N(C)C(=O)NC3O)ccc21. The lowest BCUT2D eigenvalue weighted by Crippen LogP contribution is -2.54. The van der Waals surface area contributed by atoms with Gasteiger partial charge in [0.2, 0.25) is 0 Å². The molecule has 24 heavy (non-hydrogen) atoms. The number of fused-ring (bicyclic) bond motifs is 1. The molecule has 3 rings (SSSR count). The fourth-order valence-electron chi connectivity index (χ4n) is 3.18. The van der Waals surface area contributed by atoms with Gasteiger partial charge >= 0.3 is 6.03 Å². The average molecular weight is 329 g/mol. The van der Waals surface area contributed by atoms with Crippen molar-refractivity contribution in [2.45, 2.75) is 32.4 Å². The number of rotatable bonds is 4. The van der Waals surface area contributed by atoms with Crippen LogP contribution in [0.2, 0.25) is 0 Å². The maximum Gasteiger partial charge on any atom is 0.326 e. The molecule has 1 fully saturated rings. The molecule has 2 N–H and O–H groups in total. The highest BCUT2D eigenvalue weighted by Crippen LogP contribution is 2.30. The number of hydrogen-bond donors (Lipinski definition) is 2. The van der Waals surface area contributed by atoms with Crippen LogP contribution in [-0.4, -0.2) is 48.3 Å². The predicted molar refractivity (Wildman–Crippen MR) is 92.6 cm³/mol. The van der Waals surface area contributed by atoms with E-state index in [1.807, 2.05) is 6.07 Å². The summed E-state index contributed by atoms with van der Waals surface area (Å²) < 4.78 is 0. The van der Waals surface area contributed by atoms with Gasteiger partial charge in [-0.05, 0) is 42.2 Å². The molecule has 0 saturated carbocycles. The Balaban J connectivity index is 1.84. The third kappa shape index (κ3) is 3.01. The summed E-state index contributed by atoms with van der Waals surface area (Å²) in [7, 11) is 1.39. The van der Waals surface area contributed by atoms with E-state index in [1.165, 1.54) is 31.1 Å². The van der Waals surface area contributed by atoms with Crippen molar-refractivity contribution in [2.75, 3.05) is 25.0 Å². The minimum absolute atomic E-state index is 0.179. The van der Waals surface area contributed by atoms with E-state index in [9.17, 15) is 14.7 Å². The van der Waals surface area contributed by atoms with Crippen molar-refractivity contribution in [1.82, 2.24) is 10.2 Å². The zero-order valence-corrected chi connectivity index (χ0v) is 14.1. The van der Waals surface area contributed by atoms with Crippen molar-refractivity contribution in [3.63, 3.8) is 0 Å². The number of urea groups is 1. The number of carbonyl (C=O) groups is 2. The normalized spacial score (nSPS) is 22.1. The Bertz CT molecular complexity index is 699. The van der Waals surface area contributed by atoms with Crippen LogP contribution < -0.4 is 10.2 Å². The number of carbonyl (C=O) groups excluding carboxylic acids is 2. The quantitative estimate of drug-likeness (QED) is 0.825. The van der Waals surface area contributed by atoms with E-state index in [0.29, 0.717) is 0 Å². The highest BCUT2D eigenvalue weighted by molar-refractivity contribution is 6.09. The molecule has 3 amide bonds. The monoisotopic (exact) mass is 329 g/mol. The number of imide groups is 1. The van der Waals surface area contributed by atoms with Crippen LogP contribution in [0.15, 0.2) is 23.8 Å². The zero-order valence-electron chi connectivity index (χ0n) is 14.1. The van der Waals surface area contributed by atoms with E-state index in [1.54, 1.807) is 6.08 Å². The molecule has 0 aromatic heterocycles. The number of hydrogen-bond acceptors (Lipinski definition) is 4. The highest BCUT2D eigenvalue weighted by atomic mass is 16.3. The van der Waals surface area contributed by atoms with E-state index >= 15 is 0 Å². The number of nitrogens with one attached hydrogen (secondary N) is 1. The maximum atomic E-state index is 12.2. The molecule has 6 heteroatoms. The summed E-state index contributed by atoms with van der Waals surface area (Å²) in [5, 5.41) is 12.3. The largest absolute Gasteiger partial charge is 0.371 e. The van der Waals surface area contributed by atoms with Gasteiger partial charge in [-0.25, -0.2) is 4.79 Å². The van der Waals surface area contributed by atoms with E-state index in [0.717, 1.165) is 30.0 Å². The standard InChI is InChI=1S/C18H23N3O3/c1-3-4-8-21-9-7-13-10-12(5-6-15(13)21)11-14-16(22)19-18(24)20(2)17(14)23/h5-6,10-11,16,22H,3-4,7-9H2,1-2H3,(H,19,24)/b14-11+. The fraction of sp³-hybridized carbons (Fsp3) is 0.444. The topological polar surface area (TPSA) is 72.9 Å². The summed E-state index contributed by atoms with van der Waals surface area (Å²) in [5.41, 5.74) is 3.55. The van der Waals surface area contributed by atoms with Crippen LogP contribution in [0.3, 0.4) is 0 Å². The van der Waals surface area contributed by atoms with Gasteiger partial charge in [0.15, 0.2) is 6.23 Å². The Morgan fingerprint density at radius 3 is 2.92 bits per heavy atom. The molecular weight excluding hydrogens is 306 g/mol. The second-order valence-electron chi connectivity index (χ2n) is 6.29. The van der Waals surface area contributed by atoms with Crippen LogP contribution in [0.1, 0.15) is 30.9 Å². The summed E-state index contributed by atoms with van der Waals surface area (Å²) in [6.07, 6.45) is 3.73. The molecule has 2 aliphatic rings. The van der Waals surface area contributed by atoms with Crippen molar-refractivity contribution in [1.29, 1.82) is 0 Å². The van der Waals surface area contributed by atoms with E-state index in [-0.39, 0.29) is 5.57 Å². The number of aliphatic hydroxyl groups is 1. The number of unbranched alkanes of at least 4 members (excludes halogenated alkanes) is 1. The van der Waals surface area contributed by atoms with Crippen LogP contribution in [-0.2, 0) is 11.2 Å². The highest BCUT2D eigenvalue weighted by Gasteiger charge is 2.33. The van der Waals surface area contributed by atoms with Gasteiger partial charge in [0, 0.05) is 25.8 Å². The molecule has 1 aromatic rings. The Kier molecular flexibility index (Phi) is 4.57. The minimum Gasteiger partial charge on any atom is -0.371 e. The van der Waals surface area contributed by atoms with Crippen molar-refractivity contribution in [3.8, 4) is 0 Å². The van der Waals surface area contributed by atoms with Gasteiger partial charge in [-0.2, -0.15) is 0 Å². The Morgan fingerprint density at radius 1 is 1.38 bits per heavy atom. The van der Waals surface area contributed by atoms with E-state index in [2.05, 4.69) is 29.3 Å². The molecule has 0 radical (unpaired) electrons. The number of anilines is 1. The lowest BCUT2D eigenvalue weighted by molar-refractivity contribution is -0.125. The molecule has 0 bridgehead atoms. The molecule has 128 valence electrons. The average Bonchev–Trinajstić information content (AvgIpc) is 2.97. The van der Waals surface area contributed by atoms with Gasteiger partial charge in [0.05, 0.1) is 5.57 Å². The molecular formula is C18H23N3O3. The first-order valence-corrected chi connectivity index (χ1v) is 8.37. The van der Waals surface area contributed by atoms with Gasteiger partial charge in [-0.1, -0.05) is 19.4 Å². The van der Waals surface area contributed by atoms with Crippen molar-refractivity contribution in [2.24, 2.45) is 0 Å². The maximum absolute atomic E-state index is 12.2. The zero-order chi connectivity index (χ0) is 17.3. The third-order valence-corrected chi connectivity index (χ3v) is 4.61. The van der Waals surface area contributed by atoms with E-state index in [4.69, 9.17) is 0 Å². The Morgan fingerprint density at radius 2 is 2.17 bits per heavy atom. The van der Waals surface area contributed by atoms with Gasteiger partial charge in [-0.15, -0.1) is 0 Å². The van der Waals surface area contributed by atoms with Crippen LogP contribution >= 0.6 is 0 Å². The smallest absolute Gasteiger partial charge is 0.326 e. The summed E-state index contributed by atoms with van der Waals surface area (Å²) in [6.45, 7) is 4.28. The number of nitrogens with zero attached hydrogens (tertiary/aromatic N) is 2. The molecule has 1 aromatic carbocycles. The molecule has 2 aliphatic heterocycles. The second-order valence-corrected chi connectivity index (χ2v) is 6.29. The molecule has 6 nitrogen and oxygen atoms in total. The minimum atomic E-state index is -1.27. The number of amides is 3. The summed E-state index contributed by atoms with van der Waals surface area (Å²) >= 11 is 0. The van der Waals surface area contributed by atoms with Gasteiger partial charge < -0.3 is 15.3 Å². The van der Waals surface area contributed by atoms with E-state index < -0.39 is 18.2 Å². The van der Waals surface area contributed by atoms with Crippen LogP contribution in [0.25, 0.3) is 6.08 Å². The fourth-order valence-corrected chi connectivity index (χ4v) is 3.18. The van der Waals surface area contributed by atoms with Crippen molar-refractivity contribution in [3.05, 3.63) is 34.9 Å². The van der Waals surface area contributed by atoms with Crippen molar-refractivity contribution >= 4 is 23.7 Å². The molecule has 1 atom stereocenters. The van der Waals surface area contributed by atoms with Crippen molar-refractivity contribution < 1.29 is 14.7 Å². The molecule has 0 aliphatic carbocycles. The molecule has 0 spiro atoms. The summed E-state index contributed by atoms with van der Waals surface area (Å²) in [4.78, 5) is 27.0. The molecule has 2 heterocycles. The lowest BCUT2D eigenvalue weighted by Gasteiger charge is -2.28. The van der Waals surface area contributed by atoms with Gasteiger partial charge in [0.25, 0.3) is 5.91 Å². The van der Waals surface area contributed by atoms with Crippen LogP contribution in [0.5, 0.6) is 0 Å². The Labute approximate surface area is 141 Å². The lowest BCUT2D eigenvalue weighted by atomic mass is 10.0. The first-order chi connectivity index (χ1) is 11.5. The number of benzene rings is 1. The molecule has 1 unspecified atom stereocenters. The summed E-state index contributed by atoms with van der Waals surface area (Å²) in [6, 6.07) is 5.49. The predicted octanol–water partition coefficient (Wildman–Crippen LogP) is 1.73. The van der Waals surface area contributed by atoms with Gasteiger partial charge in [-0.3, -0.25) is 9.69 Å². The third-order valence-electron chi connectivity index (χ3n) is 4.61. The van der Waals surface area contributed by atoms with Crippen LogP contribution in [0, 0.1) is 0 Å². The first-order valence-electron chi connectivity index (χ1n) is 8.37. The molecule has 1 saturated heterocycles. The van der Waals surface area contributed by atoms with Gasteiger partial charge in [0.1, 0.15) is 0 Å². The summed E-state index contributed by atoms with van der Waals surface area (Å²) in [5.74, 6) is -0.476. The number of likely N-dealkylation sites (N-methyl/N-ethyl adjacent to an activating group) is 1. The second kappa shape index (κ2) is 6.65. The van der Waals surface area contributed by atoms with Crippen LogP contribution in [0.4, 0.5) is 10.5 Å². The Hall–Kier alpha value is -2.34. The first kappa shape index (κ1) is 16.5. The number of aliphatic hydroxyl groups excluding tert-OH is 1.